The minimum absolute atomic E-state index is 0.608. The molecule has 0 unspecified atom stereocenters. The second-order valence-electron chi connectivity index (χ2n) is 4.66. The average molecular weight is 218 g/mol. The molecule has 0 aromatic carbocycles. The third-order valence-corrected chi connectivity index (χ3v) is 3.49. The lowest BCUT2D eigenvalue weighted by Crippen LogP contribution is -2.27. The zero-order chi connectivity index (χ0) is 10.8. The van der Waals surface area contributed by atoms with Crippen LogP contribution in [0.4, 0.5) is 0 Å². The Kier molecular flexibility index (Phi) is 2.74. The maximum absolute atomic E-state index is 4.29. The first-order valence-corrected chi connectivity index (χ1v) is 6.23. The molecule has 3 rings (SSSR count). The highest BCUT2D eigenvalue weighted by Crippen LogP contribution is 2.15. The fraction of sp³-hybridized carbons (Fsp3) is 0.667. The summed E-state index contributed by atoms with van der Waals surface area (Å²) in [4.78, 5) is 0. The molecular formula is C12H18N4. The molecule has 1 aliphatic carbocycles. The van der Waals surface area contributed by atoms with Crippen molar-refractivity contribution in [2.24, 2.45) is 0 Å². The third-order valence-electron chi connectivity index (χ3n) is 3.49. The van der Waals surface area contributed by atoms with E-state index in [-0.39, 0.29) is 0 Å². The van der Waals surface area contributed by atoms with Crippen LogP contribution in [-0.2, 0) is 19.5 Å². The number of nitrogens with one attached hydrogen (secondary N) is 1. The van der Waals surface area contributed by atoms with Crippen molar-refractivity contribution in [2.75, 3.05) is 0 Å². The second-order valence-corrected chi connectivity index (χ2v) is 4.66. The molecule has 86 valence electrons. The molecule has 1 aliphatic heterocycles. The Morgan fingerprint density at radius 3 is 3.00 bits per heavy atom. The van der Waals surface area contributed by atoms with Crippen LogP contribution in [0, 0.1) is 0 Å². The van der Waals surface area contributed by atoms with Gasteiger partial charge in [-0.2, -0.15) is 0 Å². The molecule has 16 heavy (non-hydrogen) atoms. The maximum atomic E-state index is 4.29. The first kappa shape index (κ1) is 10.0. The van der Waals surface area contributed by atoms with E-state index < -0.39 is 0 Å². The van der Waals surface area contributed by atoms with E-state index in [1.54, 1.807) is 0 Å². The van der Waals surface area contributed by atoms with Crippen LogP contribution in [0.1, 0.15) is 37.3 Å². The number of aryl methyl sites for hydroxylation is 1. The zero-order valence-electron chi connectivity index (χ0n) is 9.52. The van der Waals surface area contributed by atoms with Crippen molar-refractivity contribution < 1.29 is 0 Å². The molecule has 1 aromatic rings. The summed E-state index contributed by atoms with van der Waals surface area (Å²) in [5.41, 5.74) is 0. The first-order valence-electron chi connectivity index (χ1n) is 6.23. The molecule has 1 aromatic heterocycles. The van der Waals surface area contributed by atoms with Crippen molar-refractivity contribution in [2.45, 2.75) is 51.2 Å². The first-order chi connectivity index (χ1) is 7.93. The van der Waals surface area contributed by atoms with E-state index in [1.807, 2.05) is 0 Å². The van der Waals surface area contributed by atoms with Gasteiger partial charge in [0, 0.05) is 19.0 Å². The quantitative estimate of drug-likeness (QED) is 0.780. The lowest BCUT2D eigenvalue weighted by Gasteiger charge is -2.16. The zero-order valence-corrected chi connectivity index (χ0v) is 9.52. The predicted octanol–water partition coefficient (Wildman–Crippen LogP) is 1.42. The topological polar surface area (TPSA) is 42.7 Å². The van der Waals surface area contributed by atoms with Gasteiger partial charge in [-0.1, -0.05) is 12.2 Å². The summed E-state index contributed by atoms with van der Waals surface area (Å²) >= 11 is 0. The number of aromatic nitrogens is 3. The van der Waals surface area contributed by atoms with Crippen molar-refractivity contribution >= 4 is 0 Å². The molecule has 0 radical (unpaired) electrons. The molecule has 1 N–H and O–H groups in total. The summed E-state index contributed by atoms with van der Waals surface area (Å²) in [5, 5.41) is 12.1. The normalized spacial score (nSPS) is 20.2. The van der Waals surface area contributed by atoms with Gasteiger partial charge in [-0.3, -0.25) is 0 Å². The van der Waals surface area contributed by atoms with Gasteiger partial charge in [0.15, 0.2) is 0 Å². The van der Waals surface area contributed by atoms with Crippen LogP contribution in [0.15, 0.2) is 12.2 Å². The van der Waals surface area contributed by atoms with Gasteiger partial charge in [0.25, 0.3) is 0 Å². The molecule has 0 atom stereocenters. The van der Waals surface area contributed by atoms with E-state index in [9.17, 15) is 0 Å². The van der Waals surface area contributed by atoms with Gasteiger partial charge < -0.3 is 9.88 Å². The largest absolute Gasteiger partial charge is 0.314 e. The van der Waals surface area contributed by atoms with E-state index in [2.05, 4.69) is 32.2 Å². The molecule has 0 bridgehead atoms. The summed E-state index contributed by atoms with van der Waals surface area (Å²) in [5.74, 6) is 2.29. The highest BCUT2D eigenvalue weighted by atomic mass is 15.3. The summed E-state index contributed by atoms with van der Waals surface area (Å²) in [6, 6.07) is 0.608. The Morgan fingerprint density at radius 1 is 1.25 bits per heavy atom. The van der Waals surface area contributed by atoms with E-state index in [4.69, 9.17) is 0 Å². The van der Waals surface area contributed by atoms with Gasteiger partial charge in [0.05, 0.1) is 6.54 Å². The summed E-state index contributed by atoms with van der Waals surface area (Å²) in [6.45, 7) is 1.96. The van der Waals surface area contributed by atoms with Gasteiger partial charge in [-0.05, 0) is 25.7 Å². The Bertz CT molecular complexity index is 386. The van der Waals surface area contributed by atoms with Gasteiger partial charge >= 0.3 is 0 Å². The van der Waals surface area contributed by atoms with Crippen LogP contribution in [0.5, 0.6) is 0 Å². The number of hydrogen-bond donors (Lipinski definition) is 1. The fourth-order valence-corrected chi connectivity index (χ4v) is 2.52. The molecule has 2 aliphatic rings. The lowest BCUT2D eigenvalue weighted by molar-refractivity contribution is 0.475. The molecule has 0 saturated heterocycles. The molecule has 4 heteroatoms. The molecule has 0 spiro atoms. The van der Waals surface area contributed by atoms with E-state index in [1.165, 1.54) is 18.7 Å². The highest BCUT2D eigenvalue weighted by Gasteiger charge is 2.16. The van der Waals surface area contributed by atoms with Crippen molar-refractivity contribution in [3.05, 3.63) is 23.8 Å². The van der Waals surface area contributed by atoms with E-state index >= 15 is 0 Å². The van der Waals surface area contributed by atoms with Crippen molar-refractivity contribution in [1.29, 1.82) is 0 Å². The summed E-state index contributed by atoms with van der Waals surface area (Å²) < 4.78 is 2.29. The monoisotopic (exact) mass is 218 g/mol. The van der Waals surface area contributed by atoms with Crippen LogP contribution in [0.2, 0.25) is 0 Å². The van der Waals surface area contributed by atoms with Gasteiger partial charge in [-0.25, -0.2) is 0 Å². The molecule has 0 saturated carbocycles. The molecule has 0 fully saturated rings. The summed E-state index contributed by atoms with van der Waals surface area (Å²) in [7, 11) is 0. The lowest BCUT2D eigenvalue weighted by atomic mass is 10.1. The van der Waals surface area contributed by atoms with E-state index in [0.29, 0.717) is 6.04 Å². The number of fused-ring (bicyclic) bond motifs is 1. The SMILES string of the molecule is C1=CCC(NCc2nnc3n2CCCC3)C1. The molecule has 0 amide bonds. The molecule has 2 heterocycles. The third kappa shape index (κ3) is 1.89. The summed E-state index contributed by atoms with van der Waals surface area (Å²) in [6.07, 6.45) is 10.4. The van der Waals surface area contributed by atoms with Gasteiger partial charge in [0.2, 0.25) is 0 Å². The van der Waals surface area contributed by atoms with Crippen molar-refractivity contribution in [3.8, 4) is 0 Å². The van der Waals surface area contributed by atoms with Crippen molar-refractivity contribution in [1.82, 2.24) is 20.1 Å². The van der Waals surface area contributed by atoms with Gasteiger partial charge in [0.1, 0.15) is 11.6 Å². The standard InChI is InChI=1S/C12H18N4/c1-2-6-10(5-1)13-9-12-15-14-11-7-3-4-8-16(11)12/h1-2,10,13H,3-9H2. The maximum Gasteiger partial charge on any atom is 0.147 e. The van der Waals surface area contributed by atoms with E-state index in [0.717, 1.165) is 38.2 Å². The molecule has 4 nitrogen and oxygen atoms in total. The number of rotatable bonds is 3. The Morgan fingerprint density at radius 2 is 2.12 bits per heavy atom. The molecular weight excluding hydrogens is 200 g/mol. The fourth-order valence-electron chi connectivity index (χ4n) is 2.52. The predicted molar refractivity (Wildman–Crippen MR) is 62.0 cm³/mol. The highest BCUT2D eigenvalue weighted by molar-refractivity contribution is 5.01. The van der Waals surface area contributed by atoms with Crippen LogP contribution in [0.3, 0.4) is 0 Å². The Balaban J connectivity index is 1.63. The Hall–Kier alpha value is -1.16. The average Bonchev–Trinajstić information content (AvgIpc) is 2.96. The van der Waals surface area contributed by atoms with Crippen LogP contribution in [0.25, 0.3) is 0 Å². The Labute approximate surface area is 95.8 Å². The van der Waals surface area contributed by atoms with Crippen LogP contribution in [-0.4, -0.2) is 20.8 Å². The number of hydrogen-bond acceptors (Lipinski definition) is 3. The smallest absolute Gasteiger partial charge is 0.147 e. The van der Waals surface area contributed by atoms with Crippen LogP contribution < -0.4 is 5.32 Å². The van der Waals surface area contributed by atoms with Gasteiger partial charge in [-0.15, -0.1) is 10.2 Å². The minimum atomic E-state index is 0.608. The van der Waals surface area contributed by atoms with Crippen molar-refractivity contribution in [3.63, 3.8) is 0 Å². The minimum Gasteiger partial charge on any atom is -0.314 e. The number of nitrogens with zero attached hydrogens (tertiary/aromatic N) is 3. The second kappa shape index (κ2) is 4.37. The van der Waals surface area contributed by atoms with Crippen LogP contribution >= 0.6 is 0 Å².